The molecule has 19 heavy (non-hydrogen) atoms. The molecule has 0 spiro atoms. The first-order chi connectivity index (χ1) is 8.70. The van der Waals surface area contributed by atoms with Crippen LogP contribution in [-0.2, 0) is 9.53 Å². The van der Waals surface area contributed by atoms with Crippen LogP contribution in [-0.4, -0.2) is 41.9 Å². The van der Waals surface area contributed by atoms with Gasteiger partial charge in [-0.25, -0.2) is 0 Å². The van der Waals surface area contributed by atoms with Crippen molar-refractivity contribution in [1.29, 1.82) is 0 Å². The first-order valence-electron chi connectivity index (χ1n) is 7.03. The molecule has 0 radical (unpaired) electrons. The molecule has 0 saturated heterocycles. The summed E-state index contributed by atoms with van der Waals surface area (Å²) in [5.74, 6) is -0.0235. The van der Waals surface area contributed by atoms with Crippen LogP contribution in [0.3, 0.4) is 0 Å². The van der Waals surface area contributed by atoms with E-state index in [1.165, 1.54) is 0 Å². The zero-order valence-corrected chi connectivity index (χ0v) is 12.7. The van der Waals surface area contributed by atoms with Gasteiger partial charge in [-0.1, -0.05) is 27.7 Å². The molecule has 4 N–H and O–H groups in total. The molecular weight excluding hydrogens is 244 g/mol. The molecule has 5 heteroatoms. The highest BCUT2D eigenvalue weighted by molar-refractivity contribution is 5.89. The Morgan fingerprint density at radius 3 is 2.47 bits per heavy atom. The summed E-state index contributed by atoms with van der Waals surface area (Å²) in [6, 6.07) is -0.255. The van der Waals surface area contributed by atoms with Crippen LogP contribution < -0.4 is 11.1 Å². The molecule has 0 bridgehead atoms. The fraction of sp³-hybridized carbons (Fsp3) is 0.929. The van der Waals surface area contributed by atoms with E-state index in [-0.39, 0.29) is 30.6 Å². The highest BCUT2D eigenvalue weighted by Crippen LogP contribution is 2.49. The Hall–Kier alpha value is -0.650. The molecule has 1 amide bonds. The summed E-state index contributed by atoms with van der Waals surface area (Å²) in [6.07, 6.45) is 0.538. The van der Waals surface area contributed by atoms with Gasteiger partial charge in [0.15, 0.2) is 0 Å². The van der Waals surface area contributed by atoms with Crippen molar-refractivity contribution in [3.63, 3.8) is 0 Å². The second-order valence-electron chi connectivity index (χ2n) is 6.35. The number of nitrogens with two attached hydrogens (primary N) is 1. The van der Waals surface area contributed by atoms with Gasteiger partial charge in [0.2, 0.25) is 5.91 Å². The van der Waals surface area contributed by atoms with Crippen LogP contribution in [0.4, 0.5) is 0 Å². The summed E-state index contributed by atoms with van der Waals surface area (Å²) in [7, 11) is 0. The lowest BCUT2D eigenvalue weighted by Crippen LogP contribution is -2.76. The number of nitrogens with one attached hydrogen (secondary N) is 1. The predicted molar refractivity (Wildman–Crippen MR) is 74.6 cm³/mol. The maximum absolute atomic E-state index is 12.4. The molecule has 0 heterocycles. The average Bonchev–Trinajstić information content (AvgIpc) is 2.34. The van der Waals surface area contributed by atoms with E-state index in [0.29, 0.717) is 13.0 Å². The van der Waals surface area contributed by atoms with Crippen LogP contribution >= 0.6 is 0 Å². The van der Waals surface area contributed by atoms with Crippen molar-refractivity contribution in [2.75, 3.05) is 13.2 Å². The van der Waals surface area contributed by atoms with E-state index in [1.807, 2.05) is 34.6 Å². The van der Waals surface area contributed by atoms with E-state index in [4.69, 9.17) is 10.5 Å². The van der Waals surface area contributed by atoms with E-state index in [1.54, 1.807) is 0 Å². The Kier molecular flexibility index (Phi) is 4.98. The zero-order valence-electron chi connectivity index (χ0n) is 12.7. The SMILES string of the molecule is CCOC1CC(N)(C(=O)N[C@H](CO)C(C)C)C1(C)C. The number of aliphatic hydroxyl groups excluding tert-OH is 1. The van der Waals surface area contributed by atoms with Crippen molar-refractivity contribution >= 4 is 5.91 Å². The molecule has 1 fully saturated rings. The summed E-state index contributed by atoms with van der Waals surface area (Å²) >= 11 is 0. The van der Waals surface area contributed by atoms with E-state index < -0.39 is 11.0 Å². The average molecular weight is 272 g/mol. The molecule has 1 aliphatic carbocycles. The van der Waals surface area contributed by atoms with Gasteiger partial charge in [0, 0.05) is 18.4 Å². The van der Waals surface area contributed by atoms with Crippen molar-refractivity contribution in [3.8, 4) is 0 Å². The van der Waals surface area contributed by atoms with Crippen LogP contribution in [0.2, 0.25) is 0 Å². The zero-order chi connectivity index (χ0) is 14.8. The van der Waals surface area contributed by atoms with Crippen molar-refractivity contribution in [3.05, 3.63) is 0 Å². The predicted octanol–water partition coefficient (Wildman–Crippen LogP) is 0.652. The van der Waals surface area contributed by atoms with Crippen LogP contribution in [0.5, 0.6) is 0 Å². The Balaban J connectivity index is 2.72. The summed E-state index contributed by atoms with van der Waals surface area (Å²) < 4.78 is 5.61. The van der Waals surface area contributed by atoms with Gasteiger partial charge in [-0.2, -0.15) is 0 Å². The molecule has 1 rings (SSSR count). The quantitative estimate of drug-likeness (QED) is 0.663. The minimum Gasteiger partial charge on any atom is -0.394 e. The van der Waals surface area contributed by atoms with Gasteiger partial charge >= 0.3 is 0 Å². The topological polar surface area (TPSA) is 84.6 Å². The molecule has 0 aromatic rings. The third-order valence-corrected chi connectivity index (χ3v) is 4.55. The molecule has 0 aromatic heterocycles. The van der Waals surface area contributed by atoms with Gasteiger partial charge in [0.1, 0.15) is 5.54 Å². The summed E-state index contributed by atoms with van der Waals surface area (Å²) in [5, 5.41) is 12.1. The number of hydrogen-bond donors (Lipinski definition) is 3. The molecule has 0 aromatic carbocycles. The maximum atomic E-state index is 12.4. The second-order valence-corrected chi connectivity index (χ2v) is 6.35. The number of amides is 1. The number of hydrogen-bond acceptors (Lipinski definition) is 4. The van der Waals surface area contributed by atoms with E-state index >= 15 is 0 Å². The largest absolute Gasteiger partial charge is 0.394 e. The molecule has 1 aliphatic rings. The van der Waals surface area contributed by atoms with Crippen molar-refractivity contribution in [1.82, 2.24) is 5.32 Å². The van der Waals surface area contributed by atoms with E-state index in [9.17, 15) is 9.90 Å². The summed E-state index contributed by atoms with van der Waals surface area (Å²) in [6.45, 7) is 10.3. The molecule has 5 nitrogen and oxygen atoms in total. The Morgan fingerprint density at radius 1 is 1.53 bits per heavy atom. The molecule has 0 aliphatic heterocycles. The highest BCUT2D eigenvalue weighted by Gasteiger charge is 2.63. The van der Waals surface area contributed by atoms with Gasteiger partial charge < -0.3 is 20.9 Å². The number of carbonyl (C=O) groups is 1. The van der Waals surface area contributed by atoms with Crippen LogP contribution in [0.25, 0.3) is 0 Å². The first kappa shape index (κ1) is 16.4. The van der Waals surface area contributed by atoms with Crippen molar-refractivity contribution in [2.45, 2.75) is 58.7 Å². The summed E-state index contributed by atoms with van der Waals surface area (Å²) in [4.78, 5) is 12.4. The molecule has 2 unspecified atom stereocenters. The Bertz CT molecular complexity index is 331. The normalized spacial score (nSPS) is 30.8. The minimum absolute atomic E-state index is 0.0138. The lowest BCUT2D eigenvalue weighted by Gasteiger charge is -2.57. The van der Waals surface area contributed by atoms with Crippen LogP contribution in [0.1, 0.15) is 41.0 Å². The molecule has 3 atom stereocenters. The monoisotopic (exact) mass is 272 g/mol. The molecule has 1 saturated carbocycles. The van der Waals surface area contributed by atoms with Crippen LogP contribution in [0.15, 0.2) is 0 Å². The van der Waals surface area contributed by atoms with Gasteiger partial charge in [-0.3, -0.25) is 4.79 Å². The van der Waals surface area contributed by atoms with E-state index in [0.717, 1.165) is 0 Å². The smallest absolute Gasteiger partial charge is 0.241 e. The Morgan fingerprint density at radius 2 is 2.11 bits per heavy atom. The molecule has 112 valence electrons. The molecular formula is C14H28N2O3. The minimum atomic E-state index is -0.921. The van der Waals surface area contributed by atoms with Crippen molar-refractivity contribution < 1.29 is 14.6 Å². The van der Waals surface area contributed by atoms with Gasteiger partial charge in [0.05, 0.1) is 18.8 Å². The number of aliphatic hydroxyl groups is 1. The lowest BCUT2D eigenvalue weighted by molar-refractivity contribution is -0.171. The first-order valence-corrected chi connectivity index (χ1v) is 7.03. The fourth-order valence-corrected chi connectivity index (χ4v) is 2.54. The number of ether oxygens (including phenoxy) is 1. The van der Waals surface area contributed by atoms with Crippen LogP contribution in [0, 0.1) is 11.3 Å². The third kappa shape index (κ3) is 2.78. The lowest BCUT2D eigenvalue weighted by atomic mass is 9.54. The Labute approximate surface area is 115 Å². The number of rotatable bonds is 6. The van der Waals surface area contributed by atoms with Crippen molar-refractivity contribution in [2.24, 2.45) is 17.1 Å². The van der Waals surface area contributed by atoms with Gasteiger partial charge in [0.25, 0.3) is 0 Å². The highest BCUT2D eigenvalue weighted by atomic mass is 16.5. The fourth-order valence-electron chi connectivity index (χ4n) is 2.54. The second kappa shape index (κ2) is 5.77. The number of carbonyl (C=O) groups excluding carboxylic acids is 1. The summed E-state index contributed by atoms with van der Waals surface area (Å²) in [5.41, 5.74) is 4.95. The van der Waals surface area contributed by atoms with E-state index in [2.05, 4.69) is 5.32 Å². The standard InChI is InChI=1S/C14H28N2O3/c1-6-19-11-7-14(15,13(11,4)5)12(18)16-10(8-17)9(2)3/h9-11,17H,6-8,15H2,1-5H3,(H,16,18)/t10-,11?,14?/m1/s1. The maximum Gasteiger partial charge on any atom is 0.241 e. The third-order valence-electron chi connectivity index (χ3n) is 4.55. The van der Waals surface area contributed by atoms with Gasteiger partial charge in [-0.05, 0) is 12.8 Å². The van der Waals surface area contributed by atoms with Gasteiger partial charge in [-0.15, -0.1) is 0 Å².